The molecule has 1 aliphatic heterocycles. The Morgan fingerprint density at radius 2 is 2.19 bits per heavy atom. The number of aromatic nitrogens is 2. The first-order valence-corrected chi connectivity index (χ1v) is 6.01. The van der Waals surface area contributed by atoms with Crippen LogP contribution in [0.4, 0.5) is 5.95 Å². The molecule has 2 rings (SSSR count). The lowest BCUT2D eigenvalue weighted by atomic mass is 10.00. The summed E-state index contributed by atoms with van der Waals surface area (Å²) in [6, 6.07) is 1.96. The Bertz CT molecular complexity index is 332. The van der Waals surface area contributed by atoms with E-state index in [4.69, 9.17) is 0 Å². The smallest absolute Gasteiger partial charge is 0.225 e. The van der Waals surface area contributed by atoms with E-state index in [1.165, 1.54) is 12.8 Å². The second-order valence-electron chi connectivity index (χ2n) is 4.55. The lowest BCUT2D eigenvalue weighted by Gasteiger charge is -2.30. The van der Waals surface area contributed by atoms with Gasteiger partial charge < -0.3 is 10.2 Å². The molecule has 1 aliphatic rings. The zero-order valence-electron chi connectivity index (χ0n) is 10.1. The fourth-order valence-corrected chi connectivity index (χ4v) is 2.03. The molecule has 0 atom stereocenters. The summed E-state index contributed by atoms with van der Waals surface area (Å²) in [5, 5.41) is 3.11. The molecule has 0 spiro atoms. The second kappa shape index (κ2) is 5.25. The van der Waals surface area contributed by atoms with Crippen molar-refractivity contribution >= 4 is 5.95 Å². The maximum Gasteiger partial charge on any atom is 0.225 e. The third-order valence-corrected chi connectivity index (χ3v) is 3.12. The Morgan fingerprint density at radius 3 is 2.88 bits per heavy atom. The minimum atomic E-state index is 0.805. The lowest BCUT2D eigenvalue weighted by molar-refractivity contribution is 0.434. The third kappa shape index (κ3) is 2.70. The first kappa shape index (κ1) is 11.3. The molecule has 0 bridgehead atoms. The van der Waals surface area contributed by atoms with Crippen LogP contribution in [0.5, 0.6) is 0 Å². The maximum atomic E-state index is 4.56. The van der Waals surface area contributed by atoms with Crippen LogP contribution in [-0.4, -0.2) is 30.1 Å². The predicted octanol–water partition coefficient (Wildman–Crippen LogP) is 1.43. The van der Waals surface area contributed by atoms with Crippen molar-refractivity contribution in [3.05, 3.63) is 18.0 Å². The van der Waals surface area contributed by atoms with Gasteiger partial charge in [0.05, 0.1) is 5.69 Å². The van der Waals surface area contributed by atoms with Crippen LogP contribution in [0, 0.1) is 5.92 Å². The van der Waals surface area contributed by atoms with Crippen molar-refractivity contribution in [1.29, 1.82) is 0 Å². The van der Waals surface area contributed by atoms with Gasteiger partial charge in [-0.2, -0.15) is 0 Å². The van der Waals surface area contributed by atoms with Gasteiger partial charge in [0.25, 0.3) is 0 Å². The highest BCUT2D eigenvalue weighted by Gasteiger charge is 2.17. The number of rotatable bonds is 3. The first-order chi connectivity index (χ1) is 7.79. The topological polar surface area (TPSA) is 41.1 Å². The van der Waals surface area contributed by atoms with E-state index in [0.717, 1.165) is 37.2 Å². The molecular formula is C12H20N4. The van der Waals surface area contributed by atoms with E-state index in [1.54, 1.807) is 0 Å². The SMILES string of the molecule is CNCc1ccnc(N2CCC(C)CC2)n1. The minimum Gasteiger partial charge on any atom is -0.341 e. The Hall–Kier alpha value is -1.16. The van der Waals surface area contributed by atoms with Gasteiger partial charge in [-0.25, -0.2) is 9.97 Å². The minimum absolute atomic E-state index is 0.805. The van der Waals surface area contributed by atoms with E-state index in [9.17, 15) is 0 Å². The Morgan fingerprint density at radius 1 is 1.44 bits per heavy atom. The largest absolute Gasteiger partial charge is 0.341 e. The molecule has 16 heavy (non-hydrogen) atoms. The molecule has 1 fully saturated rings. The molecule has 0 unspecified atom stereocenters. The van der Waals surface area contributed by atoms with Gasteiger partial charge in [0.1, 0.15) is 0 Å². The van der Waals surface area contributed by atoms with Crippen LogP contribution in [0.2, 0.25) is 0 Å². The van der Waals surface area contributed by atoms with Crippen LogP contribution < -0.4 is 10.2 Å². The zero-order valence-corrected chi connectivity index (χ0v) is 10.1. The molecule has 88 valence electrons. The molecule has 4 nitrogen and oxygen atoms in total. The summed E-state index contributed by atoms with van der Waals surface area (Å²) >= 11 is 0. The summed E-state index contributed by atoms with van der Waals surface area (Å²) in [5.41, 5.74) is 1.06. The average Bonchev–Trinajstić information content (AvgIpc) is 2.31. The quantitative estimate of drug-likeness (QED) is 0.836. The summed E-state index contributed by atoms with van der Waals surface area (Å²) in [4.78, 5) is 11.2. The van der Waals surface area contributed by atoms with Gasteiger partial charge in [-0.3, -0.25) is 0 Å². The van der Waals surface area contributed by atoms with Crippen LogP contribution >= 0.6 is 0 Å². The normalized spacial score (nSPS) is 17.8. The summed E-state index contributed by atoms with van der Waals surface area (Å²) < 4.78 is 0. The highest BCUT2D eigenvalue weighted by atomic mass is 15.3. The molecule has 1 saturated heterocycles. The van der Waals surface area contributed by atoms with E-state index in [0.29, 0.717) is 0 Å². The molecule has 0 amide bonds. The Kier molecular flexibility index (Phi) is 3.72. The van der Waals surface area contributed by atoms with Crippen molar-refractivity contribution < 1.29 is 0 Å². The van der Waals surface area contributed by atoms with Crippen molar-refractivity contribution in [2.75, 3.05) is 25.0 Å². The van der Waals surface area contributed by atoms with Gasteiger partial charge in [-0.1, -0.05) is 6.92 Å². The van der Waals surface area contributed by atoms with E-state index >= 15 is 0 Å². The molecule has 1 aromatic heterocycles. The summed E-state index contributed by atoms with van der Waals surface area (Å²) in [5.74, 6) is 1.73. The number of nitrogens with one attached hydrogen (secondary N) is 1. The van der Waals surface area contributed by atoms with Gasteiger partial charge in [-0.15, -0.1) is 0 Å². The maximum absolute atomic E-state index is 4.56. The van der Waals surface area contributed by atoms with E-state index in [-0.39, 0.29) is 0 Å². The molecule has 4 heteroatoms. The second-order valence-corrected chi connectivity index (χ2v) is 4.55. The van der Waals surface area contributed by atoms with Crippen molar-refractivity contribution in [1.82, 2.24) is 15.3 Å². The Balaban J connectivity index is 2.05. The van der Waals surface area contributed by atoms with Gasteiger partial charge in [0.2, 0.25) is 5.95 Å². The molecule has 0 aliphatic carbocycles. The predicted molar refractivity (Wildman–Crippen MR) is 65.4 cm³/mol. The van der Waals surface area contributed by atoms with Crippen LogP contribution in [0.1, 0.15) is 25.5 Å². The third-order valence-electron chi connectivity index (χ3n) is 3.12. The van der Waals surface area contributed by atoms with Crippen molar-refractivity contribution in [2.24, 2.45) is 5.92 Å². The fourth-order valence-electron chi connectivity index (χ4n) is 2.03. The number of anilines is 1. The molecule has 0 radical (unpaired) electrons. The van der Waals surface area contributed by atoms with Crippen LogP contribution in [-0.2, 0) is 6.54 Å². The van der Waals surface area contributed by atoms with Gasteiger partial charge in [0.15, 0.2) is 0 Å². The highest BCUT2D eigenvalue weighted by Crippen LogP contribution is 2.19. The lowest BCUT2D eigenvalue weighted by Crippen LogP contribution is -2.34. The molecule has 2 heterocycles. The molecule has 1 aromatic rings. The fraction of sp³-hybridized carbons (Fsp3) is 0.667. The number of piperidine rings is 1. The van der Waals surface area contributed by atoms with E-state index in [1.807, 2.05) is 19.3 Å². The monoisotopic (exact) mass is 220 g/mol. The van der Waals surface area contributed by atoms with Gasteiger partial charge >= 0.3 is 0 Å². The highest BCUT2D eigenvalue weighted by molar-refractivity contribution is 5.30. The molecule has 0 saturated carbocycles. The van der Waals surface area contributed by atoms with Crippen LogP contribution in [0.25, 0.3) is 0 Å². The van der Waals surface area contributed by atoms with E-state index < -0.39 is 0 Å². The van der Waals surface area contributed by atoms with Crippen molar-refractivity contribution in [2.45, 2.75) is 26.3 Å². The Labute approximate surface area is 97.1 Å². The van der Waals surface area contributed by atoms with Crippen LogP contribution in [0.15, 0.2) is 12.3 Å². The molecule has 0 aromatic carbocycles. The average molecular weight is 220 g/mol. The summed E-state index contributed by atoms with van der Waals surface area (Å²) in [7, 11) is 1.93. The summed E-state index contributed by atoms with van der Waals surface area (Å²) in [6.45, 7) is 5.30. The van der Waals surface area contributed by atoms with Crippen molar-refractivity contribution in [3.8, 4) is 0 Å². The van der Waals surface area contributed by atoms with Gasteiger partial charge in [0, 0.05) is 25.8 Å². The molecule has 1 N–H and O–H groups in total. The number of nitrogens with zero attached hydrogens (tertiary/aromatic N) is 3. The van der Waals surface area contributed by atoms with Crippen molar-refractivity contribution in [3.63, 3.8) is 0 Å². The first-order valence-electron chi connectivity index (χ1n) is 6.01. The van der Waals surface area contributed by atoms with Crippen LogP contribution in [0.3, 0.4) is 0 Å². The standard InChI is InChI=1S/C12H20N4/c1-10-4-7-16(8-5-10)12-14-6-3-11(15-12)9-13-2/h3,6,10,13H,4-5,7-9H2,1-2H3. The van der Waals surface area contributed by atoms with E-state index in [2.05, 4.69) is 27.1 Å². The zero-order chi connectivity index (χ0) is 11.4. The summed E-state index contributed by atoms with van der Waals surface area (Å²) in [6.07, 6.45) is 4.35. The van der Waals surface area contributed by atoms with Gasteiger partial charge in [-0.05, 0) is 31.9 Å². The number of hydrogen-bond donors (Lipinski definition) is 1. The molecular weight excluding hydrogens is 200 g/mol. The number of hydrogen-bond acceptors (Lipinski definition) is 4.